The van der Waals surface area contributed by atoms with Crippen molar-refractivity contribution in [3.8, 4) is 0 Å². The highest BCUT2D eigenvalue weighted by atomic mass is 32.2. The summed E-state index contributed by atoms with van der Waals surface area (Å²) in [6.07, 6.45) is 0.731. The van der Waals surface area contributed by atoms with Crippen molar-refractivity contribution in [1.29, 1.82) is 0 Å². The molecule has 0 bridgehead atoms. The first-order valence-electron chi connectivity index (χ1n) is 6.19. The predicted molar refractivity (Wildman–Crippen MR) is 77.5 cm³/mol. The monoisotopic (exact) mass is 267 g/mol. The molecule has 0 saturated carbocycles. The van der Waals surface area contributed by atoms with Crippen LogP contribution < -0.4 is 5.73 Å². The Morgan fingerprint density at radius 1 is 1.33 bits per heavy atom. The number of nitrogen functional groups attached to an aromatic ring is 1. The van der Waals surface area contributed by atoms with Gasteiger partial charge in [-0.25, -0.2) is 0 Å². The molecule has 1 unspecified atom stereocenters. The van der Waals surface area contributed by atoms with E-state index in [0.717, 1.165) is 17.9 Å². The SMILES string of the molecule is CCC(SCc1ccc(N)cc1)C(=O)OC(C)C. The first-order valence-corrected chi connectivity index (χ1v) is 7.24. The maximum atomic E-state index is 11.8. The van der Waals surface area contributed by atoms with Gasteiger partial charge in [-0.1, -0.05) is 19.1 Å². The summed E-state index contributed by atoms with van der Waals surface area (Å²) in [7, 11) is 0. The fourth-order valence-electron chi connectivity index (χ4n) is 1.47. The van der Waals surface area contributed by atoms with Gasteiger partial charge in [0.1, 0.15) is 5.25 Å². The summed E-state index contributed by atoms with van der Waals surface area (Å²) in [6.45, 7) is 5.74. The van der Waals surface area contributed by atoms with Crippen LogP contribution in [0, 0.1) is 0 Å². The minimum Gasteiger partial charge on any atom is -0.462 e. The summed E-state index contributed by atoms with van der Waals surface area (Å²) < 4.78 is 5.23. The third-order valence-electron chi connectivity index (χ3n) is 2.42. The second-order valence-corrected chi connectivity index (χ2v) is 5.63. The summed E-state index contributed by atoms with van der Waals surface area (Å²) >= 11 is 1.62. The molecule has 0 heterocycles. The van der Waals surface area contributed by atoms with E-state index in [1.807, 2.05) is 45.0 Å². The quantitative estimate of drug-likeness (QED) is 0.635. The topological polar surface area (TPSA) is 52.3 Å². The lowest BCUT2D eigenvalue weighted by Gasteiger charge is -2.15. The minimum atomic E-state index is -0.118. The Morgan fingerprint density at radius 2 is 1.94 bits per heavy atom. The zero-order valence-electron chi connectivity index (χ0n) is 11.2. The van der Waals surface area contributed by atoms with Gasteiger partial charge >= 0.3 is 5.97 Å². The number of anilines is 1. The molecule has 1 aromatic carbocycles. The number of hydrogen-bond donors (Lipinski definition) is 1. The second kappa shape index (κ2) is 7.31. The van der Waals surface area contributed by atoms with Gasteiger partial charge in [0, 0.05) is 11.4 Å². The number of esters is 1. The summed E-state index contributed by atoms with van der Waals surface area (Å²) in [5.41, 5.74) is 7.56. The Labute approximate surface area is 113 Å². The van der Waals surface area contributed by atoms with Crippen LogP contribution >= 0.6 is 11.8 Å². The highest BCUT2D eigenvalue weighted by Crippen LogP contribution is 2.22. The molecule has 1 atom stereocenters. The molecule has 0 aliphatic carbocycles. The van der Waals surface area contributed by atoms with Crippen LogP contribution in [0.2, 0.25) is 0 Å². The lowest BCUT2D eigenvalue weighted by molar-refractivity contribution is -0.146. The van der Waals surface area contributed by atoms with E-state index >= 15 is 0 Å². The molecule has 3 nitrogen and oxygen atoms in total. The first kappa shape index (κ1) is 14.9. The van der Waals surface area contributed by atoms with Crippen molar-refractivity contribution < 1.29 is 9.53 Å². The molecular weight excluding hydrogens is 246 g/mol. The Kier molecular flexibility index (Phi) is 6.05. The van der Waals surface area contributed by atoms with E-state index in [0.29, 0.717) is 0 Å². The van der Waals surface area contributed by atoms with Gasteiger partial charge in [-0.05, 0) is 38.0 Å². The summed E-state index contributed by atoms with van der Waals surface area (Å²) in [5, 5.41) is -0.0926. The summed E-state index contributed by atoms with van der Waals surface area (Å²) in [6, 6.07) is 7.73. The number of hydrogen-bond acceptors (Lipinski definition) is 4. The lowest BCUT2D eigenvalue weighted by atomic mass is 10.2. The van der Waals surface area contributed by atoms with E-state index in [1.165, 1.54) is 5.56 Å². The fourth-order valence-corrected chi connectivity index (χ4v) is 2.48. The molecule has 0 aliphatic rings. The number of carbonyl (C=O) groups excluding carboxylic acids is 1. The molecule has 4 heteroatoms. The van der Waals surface area contributed by atoms with Crippen LogP contribution in [0.25, 0.3) is 0 Å². The summed E-state index contributed by atoms with van der Waals surface area (Å²) in [4.78, 5) is 11.8. The maximum absolute atomic E-state index is 11.8. The third kappa shape index (κ3) is 5.00. The van der Waals surface area contributed by atoms with Crippen LogP contribution in [0.4, 0.5) is 5.69 Å². The normalized spacial score (nSPS) is 12.4. The molecule has 2 N–H and O–H groups in total. The van der Waals surface area contributed by atoms with Crippen molar-refractivity contribution in [2.45, 2.75) is 44.3 Å². The van der Waals surface area contributed by atoms with Crippen LogP contribution in [-0.2, 0) is 15.3 Å². The van der Waals surface area contributed by atoms with Gasteiger partial charge in [0.15, 0.2) is 0 Å². The predicted octanol–water partition coefficient (Wildman–Crippen LogP) is 3.23. The molecule has 0 fully saturated rings. The zero-order valence-corrected chi connectivity index (χ0v) is 12.0. The standard InChI is InChI=1S/C14H21NO2S/c1-4-13(14(16)17-10(2)3)18-9-11-5-7-12(15)8-6-11/h5-8,10,13H,4,9,15H2,1-3H3. The van der Waals surface area contributed by atoms with E-state index in [4.69, 9.17) is 10.5 Å². The van der Waals surface area contributed by atoms with E-state index in [-0.39, 0.29) is 17.3 Å². The smallest absolute Gasteiger partial charge is 0.319 e. The molecule has 18 heavy (non-hydrogen) atoms. The first-order chi connectivity index (χ1) is 8.52. The van der Waals surface area contributed by atoms with E-state index in [2.05, 4.69) is 0 Å². The molecule has 100 valence electrons. The molecule has 1 rings (SSSR count). The molecule has 1 aromatic rings. The van der Waals surface area contributed by atoms with Gasteiger partial charge in [0.05, 0.1) is 6.10 Å². The van der Waals surface area contributed by atoms with Gasteiger partial charge < -0.3 is 10.5 Å². The number of carbonyl (C=O) groups is 1. The molecular formula is C14H21NO2S. The Morgan fingerprint density at radius 3 is 2.44 bits per heavy atom. The molecule has 0 aliphatic heterocycles. The number of benzene rings is 1. The van der Waals surface area contributed by atoms with Crippen molar-refractivity contribution >= 4 is 23.4 Å². The van der Waals surface area contributed by atoms with E-state index in [9.17, 15) is 4.79 Å². The van der Waals surface area contributed by atoms with Gasteiger partial charge in [0.25, 0.3) is 0 Å². The molecule has 0 radical (unpaired) electrons. The van der Waals surface area contributed by atoms with E-state index < -0.39 is 0 Å². The molecule has 0 saturated heterocycles. The number of ether oxygens (including phenoxy) is 1. The van der Waals surface area contributed by atoms with Gasteiger partial charge in [-0.15, -0.1) is 11.8 Å². The van der Waals surface area contributed by atoms with Crippen LogP contribution in [0.1, 0.15) is 32.8 Å². The highest BCUT2D eigenvalue weighted by Gasteiger charge is 2.19. The fraction of sp³-hybridized carbons (Fsp3) is 0.500. The van der Waals surface area contributed by atoms with E-state index in [1.54, 1.807) is 11.8 Å². The third-order valence-corrected chi connectivity index (χ3v) is 3.84. The zero-order chi connectivity index (χ0) is 13.5. The molecule has 0 spiro atoms. The molecule has 0 aromatic heterocycles. The second-order valence-electron chi connectivity index (χ2n) is 4.44. The minimum absolute atomic E-state index is 0.0522. The Bertz CT molecular complexity index is 376. The number of rotatable bonds is 6. The van der Waals surface area contributed by atoms with Crippen LogP contribution in [0.15, 0.2) is 24.3 Å². The largest absolute Gasteiger partial charge is 0.462 e. The van der Waals surface area contributed by atoms with Crippen molar-refractivity contribution in [2.24, 2.45) is 0 Å². The average Bonchev–Trinajstić information content (AvgIpc) is 2.31. The van der Waals surface area contributed by atoms with Crippen LogP contribution in [-0.4, -0.2) is 17.3 Å². The van der Waals surface area contributed by atoms with Gasteiger partial charge in [0.2, 0.25) is 0 Å². The number of nitrogens with two attached hydrogens (primary N) is 1. The highest BCUT2D eigenvalue weighted by molar-refractivity contribution is 7.99. The molecule has 0 amide bonds. The Balaban J connectivity index is 2.48. The summed E-state index contributed by atoms with van der Waals surface area (Å²) in [5.74, 6) is 0.680. The number of thioether (sulfide) groups is 1. The van der Waals surface area contributed by atoms with Gasteiger partial charge in [-0.3, -0.25) is 4.79 Å². The van der Waals surface area contributed by atoms with Gasteiger partial charge in [-0.2, -0.15) is 0 Å². The Hall–Kier alpha value is -1.16. The van der Waals surface area contributed by atoms with Crippen molar-refractivity contribution in [1.82, 2.24) is 0 Å². The van der Waals surface area contributed by atoms with Crippen LogP contribution in [0.3, 0.4) is 0 Å². The van der Waals surface area contributed by atoms with Crippen LogP contribution in [0.5, 0.6) is 0 Å². The van der Waals surface area contributed by atoms with Crippen molar-refractivity contribution in [2.75, 3.05) is 5.73 Å². The van der Waals surface area contributed by atoms with Crippen molar-refractivity contribution in [3.05, 3.63) is 29.8 Å². The maximum Gasteiger partial charge on any atom is 0.319 e. The lowest BCUT2D eigenvalue weighted by Crippen LogP contribution is -2.22. The van der Waals surface area contributed by atoms with Crippen molar-refractivity contribution in [3.63, 3.8) is 0 Å². The average molecular weight is 267 g/mol.